The lowest BCUT2D eigenvalue weighted by molar-refractivity contribution is 0.00547. The molecule has 1 aliphatic carbocycles. The van der Waals surface area contributed by atoms with Gasteiger partial charge in [-0.05, 0) is 12.8 Å². The second-order valence-electron chi connectivity index (χ2n) is 3.58. The van der Waals surface area contributed by atoms with Crippen LogP contribution in [0.3, 0.4) is 0 Å². The number of hydrogen-bond donors (Lipinski definition) is 0. The second kappa shape index (κ2) is 4.25. The van der Waals surface area contributed by atoms with Gasteiger partial charge in [0.25, 0.3) is 0 Å². The minimum absolute atomic E-state index is 0.393. The molecule has 1 aromatic rings. The molecule has 1 heterocycles. The Labute approximate surface area is 83.1 Å². The van der Waals surface area contributed by atoms with Crippen LogP contribution < -0.4 is 0 Å². The highest BCUT2D eigenvalue weighted by Crippen LogP contribution is 2.21. The van der Waals surface area contributed by atoms with Crippen LogP contribution in [0.5, 0.6) is 0 Å². The molecule has 0 spiro atoms. The van der Waals surface area contributed by atoms with Crippen LogP contribution in [0.15, 0.2) is 12.4 Å². The smallest absolute Gasteiger partial charge is 0.139 e. The lowest BCUT2D eigenvalue weighted by Gasteiger charge is -2.10. The van der Waals surface area contributed by atoms with Gasteiger partial charge in [0.2, 0.25) is 0 Å². The van der Waals surface area contributed by atoms with Gasteiger partial charge in [-0.1, -0.05) is 12.8 Å². The number of rotatable bonds is 3. The average molecular weight is 191 g/mol. The molecule has 2 rings (SSSR count). The van der Waals surface area contributed by atoms with E-state index in [4.69, 9.17) is 10.00 Å². The van der Waals surface area contributed by atoms with Crippen LogP contribution in [-0.4, -0.2) is 15.9 Å². The van der Waals surface area contributed by atoms with Gasteiger partial charge in [0, 0.05) is 6.20 Å². The van der Waals surface area contributed by atoms with E-state index in [2.05, 4.69) is 5.10 Å². The van der Waals surface area contributed by atoms with Gasteiger partial charge in [-0.25, -0.2) is 4.68 Å². The van der Waals surface area contributed by atoms with E-state index >= 15 is 0 Å². The summed E-state index contributed by atoms with van der Waals surface area (Å²) in [5.41, 5.74) is 0.583. The van der Waals surface area contributed by atoms with Crippen molar-refractivity contribution in [2.45, 2.75) is 38.5 Å². The summed E-state index contributed by atoms with van der Waals surface area (Å²) < 4.78 is 7.30. The quantitative estimate of drug-likeness (QED) is 0.730. The summed E-state index contributed by atoms with van der Waals surface area (Å²) in [4.78, 5) is 0. The zero-order valence-electron chi connectivity index (χ0n) is 8.02. The maximum atomic E-state index is 8.59. The third-order valence-electron chi connectivity index (χ3n) is 2.51. The van der Waals surface area contributed by atoms with Crippen LogP contribution >= 0.6 is 0 Å². The molecule has 0 radical (unpaired) electrons. The average Bonchev–Trinajstić information content (AvgIpc) is 2.86. The molecule has 14 heavy (non-hydrogen) atoms. The van der Waals surface area contributed by atoms with Crippen LogP contribution in [0.25, 0.3) is 0 Å². The minimum atomic E-state index is 0.393. The lowest BCUT2D eigenvalue weighted by atomic mass is 10.3. The lowest BCUT2D eigenvalue weighted by Crippen LogP contribution is -2.11. The van der Waals surface area contributed by atoms with E-state index in [0.29, 0.717) is 18.4 Å². The third kappa shape index (κ3) is 2.12. The predicted octanol–water partition coefficient (Wildman–Crippen LogP) is 1.67. The Morgan fingerprint density at radius 3 is 3.00 bits per heavy atom. The molecule has 4 nitrogen and oxygen atoms in total. The van der Waals surface area contributed by atoms with Gasteiger partial charge in [0.05, 0.1) is 17.9 Å². The number of nitriles is 1. The van der Waals surface area contributed by atoms with Crippen LogP contribution in [-0.2, 0) is 11.5 Å². The predicted molar refractivity (Wildman–Crippen MR) is 50.3 cm³/mol. The van der Waals surface area contributed by atoms with E-state index in [-0.39, 0.29) is 0 Å². The highest BCUT2D eigenvalue weighted by molar-refractivity contribution is 5.21. The fourth-order valence-electron chi connectivity index (χ4n) is 1.73. The van der Waals surface area contributed by atoms with Gasteiger partial charge >= 0.3 is 0 Å². The minimum Gasteiger partial charge on any atom is -0.356 e. The van der Waals surface area contributed by atoms with Gasteiger partial charge in [-0.2, -0.15) is 10.4 Å². The number of nitrogens with zero attached hydrogens (tertiary/aromatic N) is 3. The second-order valence-corrected chi connectivity index (χ2v) is 3.58. The summed E-state index contributed by atoms with van der Waals surface area (Å²) in [6, 6.07) is 2.04. The van der Waals surface area contributed by atoms with E-state index in [9.17, 15) is 0 Å². The SMILES string of the molecule is N#Cc1cnn(COC2CCCC2)c1. The molecule has 0 N–H and O–H groups in total. The van der Waals surface area contributed by atoms with Gasteiger partial charge in [0.15, 0.2) is 0 Å². The number of aromatic nitrogens is 2. The Bertz CT molecular complexity index is 333. The Kier molecular flexibility index (Phi) is 2.80. The zero-order valence-corrected chi connectivity index (χ0v) is 8.02. The Morgan fingerprint density at radius 1 is 1.57 bits per heavy atom. The summed E-state index contributed by atoms with van der Waals surface area (Å²) in [5, 5.41) is 12.6. The molecule has 0 saturated heterocycles. The maximum absolute atomic E-state index is 8.59. The first-order chi connectivity index (χ1) is 6.88. The number of hydrogen-bond acceptors (Lipinski definition) is 3. The standard InChI is InChI=1S/C10H13N3O/c11-5-9-6-12-13(7-9)8-14-10-3-1-2-4-10/h6-7,10H,1-4,8H2. The van der Waals surface area contributed by atoms with E-state index in [1.165, 1.54) is 12.8 Å². The molecule has 0 atom stereocenters. The van der Waals surface area contributed by atoms with Gasteiger partial charge in [-0.3, -0.25) is 0 Å². The third-order valence-corrected chi connectivity index (χ3v) is 2.51. The first-order valence-electron chi connectivity index (χ1n) is 4.92. The fraction of sp³-hybridized carbons (Fsp3) is 0.600. The molecule has 0 unspecified atom stereocenters. The van der Waals surface area contributed by atoms with Crippen LogP contribution in [0.1, 0.15) is 31.2 Å². The van der Waals surface area contributed by atoms with Gasteiger partial charge in [0.1, 0.15) is 12.8 Å². The van der Waals surface area contributed by atoms with Crippen molar-refractivity contribution in [3.63, 3.8) is 0 Å². The van der Waals surface area contributed by atoms with Crippen molar-refractivity contribution in [1.29, 1.82) is 5.26 Å². The highest BCUT2D eigenvalue weighted by Gasteiger charge is 2.15. The van der Waals surface area contributed by atoms with Crippen LogP contribution in [0.2, 0.25) is 0 Å². The highest BCUT2D eigenvalue weighted by atomic mass is 16.5. The van der Waals surface area contributed by atoms with Crippen molar-refractivity contribution in [2.24, 2.45) is 0 Å². The molecule has 1 aromatic heterocycles. The molecule has 4 heteroatoms. The molecule has 0 aromatic carbocycles. The normalized spacial score (nSPS) is 17.1. The van der Waals surface area contributed by atoms with Crippen LogP contribution in [0.4, 0.5) is 0 Å². The van der Waals surface area contributed by atoms with E-state index in [1.54, 1.807) is 17.1 Å². The van der Waals surface area contributed by atoms with E-state index in [0.717, 1.165) is 12.8 Å². The summed E-state index contributed by atoms with van der Waals surface area (Å²) in [7, 11) is 0. The molecule has 1 aliphatic rings. The van der Waals surface area contributed by atoms with E-state index in [1.807, 2.05) is 6.07 Å². The summed E-state index contributed by atoms with van der Waals surface area (Å²) in [5.74, 6) is 0. The van der Waals surface area contributed by atoms with Crippen molar-refractivity contribution in [3.8, 4) is 6.07 Å². The molecule has 1 fully saturated rings. The number of ether oxygens (including phenoxy) is 1. The van der Waals surface area contributed by atoms with Crippen molar-refractivity contribution >= 4 is 0 Å². The molecule has 0 aliphatic heterocycles. The molecule has 1 saturated carbocycles. The summed E-state index contributed by atoms with van der Waals surface area (Å²) in [6.07, 6.45) is 8.51. The van der Waals surface area contributed by atoms with Crippen LogP contribution in [0, 0.1) is 11.3 Å². The Hall–Kier alpha value is -1.34. The molecule has 0 amide bonds. The largest absolute Gasteiger partial charge is 0.356 e. The van der Waals surface area contributed by atoms with Crippen molar-refractivity contribution in [3.05, 3.63) is 18.0 Å². The first-order valence-corrected chi connectivity index (χ1v) is 4.92. The summed E-state index contributed by atoms with van der Waals surface area (Å²) >= 11 is 0. The first kappa shape index (κ1) is 9.22. The Balaban J connectivity index is 1.82. The molecular formula is C10H13N3O. The monoisotopic (exact) mass is 191 g/mol. The maximum Gasteiger partial charge on any atom is 0.139 e. The van der Waals surface area contributed by atoms with Gasteiger partial charge < -0.3 is 4.74 Å². The molecule has 74 valence electrons. The zero-order chi connectivity index (χ0) is 9.80. The topological polar surface area (TPSA) is 50.8 Å². The summed E-state index contributed by atoms with van der Waals surface area (Å²) in [6.45, 7) is 0.465. The Morgan fingerprint density at radius 2 is 2.36 bits per heavy atom. The fourth-order valence-corrected chi connectivity index (χ4v) is 1.73. The van der Waals surface area contributed by atoms with Crippen molar-refractivity contribution in [2.75, 3.05) is 0 Å². The van der Waals surface area contributed by atoms with Gasteiger partial charge in [-0.15, -0.1) is 0 Å². The van der Waals surface area contributed by atoms with E-state index < -0.39 is 0 Å². The molecular weight excluding hydrogens is 178 g/mol. The van der Waals surface area contributed by atoms with Crippen molar-refractivity contribution < 1.29 is 4.74 Å². The van der Waals surface area contributed by atoms with Crippen molar-refractivity contribution in [1.82, 2.24) is 9.78 Å². The molecule has 0 bridgehead atoms.